The molecule has 0 saturated carbocycles. The molecule has 5 aromatic rings. The van der Waals surface area contributed by atoms with Gasteiger partial charge >= 0.3 is 11.9 Å². The molecule has 2 N–H and O–H groups in total. The molecule has 0 aliphatic heterocycles. The summed E-state index contributed by atoms with van der Waals surface area (Å²) in [5, 5.41) is 10.7. The molecule has 8 nitrogen and oxygen atoms in total. The summed E-state index contributed by atoms with van der Waals surface area (Å²) in [6.07, 6.45) is -4.54. The van der Waals surface area contributed by atoms with Crippen LogP contribution in [0, 0.1) is 0 Å². The lowest BCUT2D eigenvalue weighted by molar-refractivity contribution is -0.137. The van der Waals surface area contributed by atoms with Gasteiger partial charge in [0.15, 0.2) is 17.1 Å². The number of aromatic nitrogens is 3. The zero-order valence-electron chi connectivity index (χ0n) is 17.3. The van der Waals surface area contributed by atoms with Crippen molar-refractivity contribution < 1.29 is 27.0 Å². The third kappa shape index (κ3) is 4.28. The van der Waals surface area contributed by atoms with Crippen molar-refractivity contribution in [1.82, 2.24) is 15.3 Å². The second kappa shape index (κ2) is 8.44. The van der Waals surface area contributed by atoms with E-state index < -0.39 is 23.4 Å². The molecule has 0 radical (unpaired) electrons. The summed E-state index contributed by atoms with van der Waals surface area (Å²) in [5.41, 5.74) is -0.00317. The number of carbonyl (C=O) groups is 1. The molecule has 0 spiro atoms. The second-order valence-corrected chi connectivity index (χ2v) is 7.81. The number of benzene rings is 3. The van der Waals surface area contributed by atoms with Gasteiger partial charge in [0.25, 0.3) is 5.91 Å². The van der Waals surface area contributed by atoms with Crippen LogP contribution in [0.4, 0.5) is 18.9 Å². The van der Waals surface area contributed by atoms with Crippen LogP contribution < -0.4 is 11.1 Å². The van der Waals surface area contributed by atoms with Gasteiger partial charge in [-0.05, 0) is 47.5 Å². The molecule has 0 unspecified atom stereocenters. The van der Waals surface area contributed by atoms with Gasteiger partial charge in [0.1, 0.15) is 0 Å². The number of nitrogens with zero attached hydrogens (tertiary/aromatic N) is 2. The Morgan fingerprint density at radius 3 is 2.51 bits per heavy atom. The highest BCUT2D eigenvalue weighted by Crippen LogP contribution is 2.38. The number of hydrogen-bond donors (Lipinski definition) is 2. The van der Waals surface area contributed by atoms with Gasteiger partial charge in [-0.2, -0.15) is 13.2 Å². The summed E-state index contributed by atoms with van der Waals surface area (Å²) in [5.74, 6) is -1.41. The molecular weight excluding hydrogens is 489 g/mol. The molecule has 0 saturated heterocycles. The van der Waals surface area contributed by atoms with Crippen LogP contribution in [0.3, 0.4) is 0 Å². The lowest BCUT2D eigenvalue weighted by Gasteiger charge is -2.12. The van der Waals surface area contributed by atoms with Crippen LogP contribution in [-0.2, 0) is 6.18 Å². The fourth-order valence-corrected chi connectivity index (χ4v) is 3.77. The Kier molecular flexibility index (Phi) is 5.40. The van der Waals surface area contributed by atoms with Crippen molar-refractivity contribution in [3.8, 4) is 22.5 Å². The number of alkyl halides is 3. The Labute approximate surface area is 198 Å². The number of rotatable bonds is 4. The van der Waals surface area contributed by atoms with Crippen molar-refractivity contribution >= 4 is 34.2 Å². The van der Waals surface area contributed by atoms with Crippen LogP contribution in [0.1, 0.15) is 16.1 Å². The van der Waals surface area contributed by atoms with Gasteiger partial charge in [0.2, 0.25) is 0 Å². The lowest BCUT2D eigenvalue weighted by Crippen LogP contribution is -2.13. The number of hydrogen-bond acceptors (Lipinski definition) is 6. The predicted octanol–water partition coefficient (Wildman–Crippen LogP) is 5.76. The third-order valence-electron chi connectivity index (χ3n) is 5.16. The van der Waals surface area contributed by atoms with E-state index in [2.05, 4.69) is 25.1 Å². The molecule has 176 valence electrons. The molecular formula is C23H12ClF3N4O4. The van der Waals surface area contributed by atoms with Gasteiger partial charge in [0.05, 0.1) is 16.6 Å². The first-order valence-electron chi connectivity index (χ1n) is 9.94. The maximum absolute atomic E-state index is 13.4. The number of halogens is 4. The monoisotopic (exact) mass is 500 g/mol. The maximum Gasteiger partial charge on any atom is 0.439 e. The zero-order chi connectivity index (χ0) is 24.7. The minimum absolute atomic E-state index is 0.0308. The molecule has 5 rings (SSSR count). The topological polar surface area (TPSA) is 114 Å². The number of fused-ring (bicyclic) bond motifs is 1. The Bertz CT molecular complexity index is 1640. The zero-order valence-corrected chi connectivity index (χ0v) is 18.1. The maximum atomic E-state index is 13.4. The van der Waals surface area contributed by atoms with E-state index in [-0.39, 0.29) is 39.5 Å². The third-order valence-corrected chi connectivity index (χ3v) is 5.39. The number of H-pyrrole nitrogens is 1. The highest BCUT2D eigenvalue weighted by molar-refractivity contribution is 6.31. The molecule has 12 heteroatoms. The van der Waals surface area contributed by atoms with Crippen LogP contribution in [0.25, 0.3) is 33.5 Å². The molecule has 2 heterocycles. The van der Waals surface area contributed by atoms with Gasteiger partial charge in [-0.1, -0.05) is 46.2 Å². The first kappa shape index (κ1) is 22.4. The Morgan fingerprint density at radius 2 is 1.77 bits per heavy atom. The Morgan fingerprint density at radius 1 is 0.971 bits per heavy atom. The average Bonchev–Trinajstić information content (AvgIpc) is 3.45. The number of anilines is 1. The number of carbonyl (C=O) groups excluding carboxylic acids is 1. The van der Waals surface area contributed by atoms with E-state index >= 15 is 0 Å². The van der Waals surface area contributed by atoms with E-state index in [0.29, 0.717) is 10.4 Å². The average molecular weight is 501 g/mol. The summed E-state index contributed by atoms with van der Waals surface area (Å²) >= 11 is 6.03. The van der Waals surface area contributed by atoms with Gasteiger partial charge in [-0.25, -0.2) is 4.79 Å². The van der Waals surface area contributed by atoms with E-state index in [0.717, 1.165) is 6.07 Å². The van der Waals surface area contributed by atoms with E-state index in [9.17, 15) is 22.8 Å². The SMILES string of the molecule is O=C(Nc1ccc(Cl)cc1-c1noc(=O)[nH]1)c1noc2cc(-c3ccccc3C(F)(F)F)ccc12. The number of nitrogens with one attached hydrogen (secondary N) is 2. The summed E-state index contributed by atoms with van der Waals surface area (Å²) in [4.78, 5) is 26.7. The number of aromatic amines is 1. The minimum atomic E-state index is -4.54. The van der Waals surface area contributed by atoms with E-state index in [1.54, 1.807) is 0 Å². The molecule has 0 fully saturated rings. The molecule has 2 aromatic heterocycles. The van der Waals surface area contributed by atoms with Crippen molar-refractivity contribution in [3.05, 3.63) is 87.5 Å². The van der Waals surface area contributed by atoms with Crippen molar-refractivity contribution in [1.29, 1.82) is 0 Å². The van der Waals surface area contributed by atoms with Crippen molar-refractivity contribution in [2.75, 3.05) is 5.32 Å². The van der Waals surface area contributed by atoms with Gasteiger partial charge in [-0.3, -0.25) is 14.3 Å². The molecule has 0 atom stereocenters. The van der Waals surface area contributed by atoms with Crippen LogP contribution in [0.15, 0.2) is 74.5 Å². The fourth-order valence-electron chi connectivity index (χ4n) is 3.60. The van der Waals surface area contributed by atoms with Crippen LogP contribution in [-0.4, -0.2) is 21.2 Å². The van der Waals surface area contributed by atoms with Crippen molar-refractivity contribution in [3.63, 3.8) is 0 Å². The Hall–Kier alpha value is -4.38. The van der Waals surface area contributed by atoms with Crippen LogP contribution in [0.5, 0.6) is 0 Å². The van der Waals surface area contributed by atoms with Gasteiger partial charge in [0, 0.05) is 10.6 Å². The molecule has 0 aliphatic carbocycles. The molecule has 3 aromatic carbocycles. The normalized spacial score (nSPS) is 11.7. The smallest absolute Gasteiger partial charge is 0.355 e. The van der Waals surface area contributed by atoms with Gasteiger partial charge < -0.3 is 9.84 Å². The van der Waals surface area contributed by atoms with E-state index in [4.69, 9.17) is 16.1 Å². The largest absolute Gasteiger partial charge is 0.439 e. The molecule has 0 aliphatic rings. The highest BCUT2D eigenvalue weighted by Gasteiger charge is 2.33. The van der Waals surface area contributed by atoms with Crippen LogP contribution >= 0.6 is 11.6 Å². The minimum Gasteiger partial charge on any atom is -0.355 e. The summed E-state index contributed by atoms with van der Waals surface area (Å²) in [7, 11) is 0. The molecule has 1 amide bonds. The van der Waals surface area contributed by atoms with Crippen LogP contribution in [0.2, 0.25) is 5.02 Å². The van der Waals surface area contributed by atoms with Crippen molar-refractivity contribution in [2.45, 2.75) is 6.18 Å². The predicted molar refractivity (Wildman–Crippen MR) is 120 cm³/mol. The quantitative estimate of drug-likeness (QED) is 0.324. The summed E-state index contributed by atoms with van der Waals surface area (Å²) in [6, 6.07) is 13.9. The number of amides is 1. The summed E-state index contributed by atoms with van der Waals surface area (Å²) < 4.78 is 50.0. The Balaban J connectivity index is 1.49. The standard InChI is InChI=1S/C23H12ClF3N4O4/c24-12-6-8-17(15(10-12)20-29-22(33)35-31-20)28-21(32)19-14-7-5-11(9-18(14)34-30-19)13-3-1-2-4-16(13)23(25,26)27/h1-10H,(H,28,32)(H,29,31,33). The highest BCUT2D eigenvalue weighted by atomic mass is 35.5. The van der Waals surface area contributed by atoms with Gasteiger partial charge in [-0.15, -0.1) is 0 Å². The van der Waals surface area contributed by atoms with E-state index in [1.165, 1.54) is 54.6 Å². The first-order valence-corrected chi connectivity index (χ1v) is 10.3. The van der Waals surface area contributed by atoms with Crippen molar-refractivity contribution in [2.24, 2.45) is 0 Å². The van der Waals surface area contributed by atoms with E-state index in [1.807, 2.05) is 0 Å². The first-order chi connectivity index (χ1) is 16.7. The molecule has 0 bridgehead atoms. The second-order valence-electron chi connectivity index (χ2n) is 7.37. The fraction of sp³-hybridized carbons (Fsp3) is 0.0435. The molecule has 35 heavy (non-hydrogen) atoms. The lowest BCUT2D eigenvalue weighted by atomic mass is 9.98. The summed E-state index contributed by atoms with van der Waals surface area (Å²) in [6.45, 7) is 0.